The highest BCUT2D eigenvalue weighted by Crippen LogP contribution is 2.28. The molecule has 0 fully saturated rings. The Morgan fingerprint density at radius 1 is 1.06 bits per heavy atom. The molecule has 1 amide bonds. The van der Waals surface area contributed by atoms with E-state index in [0.717, 1.165) is 11.3 Å². The molecule has 0 bridgehead atoms. The van der Waals surface area contributed by atoms with Crippen LogP contribution in [0, 0.1) is 0 Å². The quantitative estimate of drug-likeness (QED) is 0.211. The Hall–Kier alpha value is -4.11. The number of nitrogens with one attached hydrogen (secondary N) is 1. The van der Waals surface area contributed by atoms with Gasteiger partial charge in [-0.2, -0.15) is 0 Å². The third kappa shape index (κ3) is 5.81. The fraction of sp³-hybridized carbons (Fsp3) is 0.120. The van der Waals surface area contributed by atoms with Gasteiger partial charge in [0.05, 0.1) is 18.6 Å². The lowest BCUT2D eigenvalue weighted by Gasteiger charge is -2.09. The van der Waals surface area contributed by atoms with Crippen LogP contribution in [0.5, 0.6) is 0 Å². The van der Waals surface area contributed by atoms with Gasteiger partial charge in [-0.25, -0.2) is 4.79 Å². The number of anilines is 1. The molecule has 8 nitrogen and oxygen atoms in total. The molecule has 2 aromatic carbocycles. The predicted molar refractivity (Wildman–Crippen MR) is 131 cm³/mol. The second kappa shape index (κ2) is 11.2. The van der Waals surface area contributed by atoms with Crippen LogP contribution in [0.25, 0.3) is 23.3 Å². The molecule has 0 aliphatic heterocycles. The summed E-state index contributed by atoms with van der Waals surface area (Å²) in [6.45, 7) is 2.09. The maximum atomic E-state index is 12.6. The van der Waals surface area contributed by atoms with Gasteiger partial charge in [0.15, 0.2) is 10.9 Å². The molecular formula is C25H22N4O4S. The van der Waals surface area contributed by atoms with Crippen molar-refractivity contribution in [3.8, 4) is 17.3 Å². The van der Waals surface area contributed by atoms with E-state index < -0.39 is 5.97 Å². The van der Waals surface area contributed by atoms with Crippen molar-refractivity contribution in [3.05, 3.63) is 84.6 Å². The second-order valence-electron chi connectivity index (χ2n) is 7.00. The molecule has 0 saturated heterocycles. The first-order chi connectivity index (χ1) is 16.6. The van der Waals surface area contributed by atoms with Gasteiger partial charge in [0.25, 0.3) is 0 Å². The first-order valence-electron chi connectivity index (χ1n) is 10.6. The number of thioether (sulfide) groups is 1. The Labute approximate surface area is 200 Å². The summed E-state index contributed by atoms with van der Waals surface area (Å²) in [4.78, 5) is 24.0. The van der Waals surface area contributed by atoms with Gasteiger partial charge < -0.3 is 14.5 Å². The number of ether oxygens (including phenoxy) is 1. The van der Waals surface area contributed by atoms with Gasteiger partial charge >= 0.3 is 5.97 Å². The molecule has 2 aromatic heterocycles. The zero-order valence-corrected chi connectivity index (χ0v) is 19.2. The van der Waals surface area contributed by atoms with E-state index in [2.05, 4.69) is 15.5 Å². The molecule has 0 radical (unpaired) electrons. The zero-order chi connectivity index (χ0) is 23.8. The van der Waals surface area contributed by atoms with E-state index in [4.69, 9.17) is 9.15 Å². The topological polar surface area (TPSA) is 99.2 Å². The van der Waals surface area contributed by atoms with Crippen LogP contribution in [0.15, 0.2) is 88.6 Å². The molecule has 0 unspecified atom stereocenters. The third-order valence-corrected chi connectivity index (χ3v) is 5.54. The Balaban J connectivity index is 1.41. The number of amides is 1. The predicted octanol–water partition coefficient (Wildman–Crippen LogP) is 4.83. The lowest BCUT2D eigenvalue weighted by atomic mass is 10.2. The van der Waals surface area contributed by atoms with Gasteiger partial charge in [-0.05, 0) is 55.0 Å². The lowest BCUT2D eigenvalue weighted by molar-refractivity contribution is -0.137. The Kier molecular flexibility index (Phi) is 7.56. The number of esters is 1. The summed E-state index contributed by atoms with van der Waals surface area (Å²) in [6.07, 6.45) is 4.61. The highest BCUT2D eigenvalue weighted by atomic mass is 32.2. The lowest BCUT2D eigenvalue weighted by Crippen LogP contribution is -2.14. The molecule has 0 spiro atoms. The average Bonchev–Trinajstić information content (AvgIpc) is 3.53. The molecule has 172 valence electrons. The minimum Gasteiger partial charge on any atom is -0.463 e. The van der Waals surface area contributed by atoms with E-state index in [1.54, 1.807) is 49.6 Å². The zero-order valence-electron chi connectivity index (χ0n) is 18.4. The first-order valence-corrected chi connectivity index (χ1v) is 11.5. The van der Waals surface area contributed by atoms with Crippen molar-refractivity contribution in [2.45, 2.75) is 12.1 Å². The fourth-order valence-corrected chi connectivity index (χ4v) is 3.85. The van der Waals surface area contributed by atoms with E-state index in [0.29, 0.717) is 29.0 Å². The monoisotopic (exact) mass is 474 g/mol. The molecule has 34 heavy (non-hydrogen) atoms. The average molecular weight is 475 g/mol. The van der Waals surface area contributed by atoms with Crippen molar-refractivity contribution < 1.29 is 18.7 Å². The summed E-state index contributed by atoms with van der Waals surface area (Å²) < 4.78 is 12.2. The Bertz CT molecular complexity index is 1270. The summed E-state index contributed by atoms with van der Waals surface area (Å²) in [5.74, 6) is 0.723. The molecule has 4 aromatic rings. The van der Waals surface area contributed by atoms with E-state index in [1.807, 2.05) is 41.0 Å². The molecule has 1 N–H and O–H groups in total. The van der Waals surface area contributed by atoms with Crippen LogP contribution in [0.4, 0.5) is 5.69 Å². The summed E-state index contributed by atoms with van der Waals surface area (Å²) in [6, 6.07) is 20.4. The summed E-state index contributed by atoms with van der Waals surface area (Å²) in [7, 11) is 0. The maximum absolute atomic E-state index is 12.6. The number of hydrogen-bond donors (Lipinski definition) is 1. The van der Waals surface area contributed by atoms with Crippen LogP contribution in [-0.4, -0.2) is 39.0 Å². The van der Waals surface area contributed by atoms with Gasteiger partial charge in [0, 0.05) is 17.5 Å². The molecule has 9 heteroatoms. The van der Waals surface area contributed by atoms with Crippen molar-refractivity contribution in [1.82, 2.24) is 14.8 Å². The molecule has 2 heterocycles. The van der Waals surface area contributed by atoms with Crippen LogP contribution in [0.2, 0.25) is 0 Å². The van der Waals surface area contributed by atoms with Gasteiger partial charge in [0.2, 0.25) is 11.7 Å². The highest BCUT2D eigenvalue weighted by Gasteiger charge is 2.18. The van der Waals surface area contributed by atoms with Crippen LogP contribution in [0.3, 0.4) is 0 Å². The van der Waals surface area contributed by atoms with Crippen molar-refractivity contribution >= 4 is 35.4 Å². The molecular weight excluding hydrogens is 452 g/mol. The van der Waals surface area contributed by atoms with Gasteiger partial charge in [-0.15, -0.1) is 10.2 Å². The number of para-hydroxylation sites is 1. The largest absolute Gasteiger partial charge is 0.463 e. The molecule has 0 atom stereocenters. The van der Waals surface area contributed by atoms with E-state index in [-0.39, 0.29) is 11.7 Å². The van der Waals surface area contributed by atoms with E-state index >= 15 is 0 Å². The van der Waals surface area contributed by atoms with Gasteiger partial charge in [0.1, 0.15) is 0 Å². The number of benzene rings is 2. The third-order valence-electron chi connectivity index (χ3n) is 4.61. The number of hydrogen-bond acceptors (Lipinski definition) is 7. The van der Waals surface area contributed by atoms with Gasteiger partial charge in [-0.1, -0.05) is 42.1 Å². The van der Waals surface area contributed by atoms with Crippen LogP contribution >= 0.6 is 11.8 Å². The molecule has 0 saturated carbocycles. The van der Waals surface area contributed by atoms with E-state index in [1.165, 1.54) is 17.8 Å². The van der Waals surface area contributed by atoms with Crippen LogP contribution in [-0.2, 0) is 14.3 Å². The first kappa shape index (κ1) is 23.1. The minimum atomic E-state index is -0.393. The number of furan rings is 1. The minimum absolute atomic E-state index is 0.146. The second-order valence-corrected chi connectivity index (χ2v) is 7.94. The molecule has 0 aliphatic rings. The summed E-state index contributed by atoms with van der Waals surface area (Å²) in [5.41, 5.74) is 2.34. The Morgan fingerprint density at radius 2 is 1.85 bits per heavy atom. The van der Waals surface area contributed by atoms with Crippen molar-refractivity contribution in [2.24, 2.45) is 0 Å². The van der Waals surface area contributed by atoms with Crippen molar-refractivity contribution in [1.29, 1.82) is 0 Å². The number of carbonyl (C=O) groups excluding carboxylic acids is 2. The SMILES string of the molecule is CCOC(=O)/C=C/c1ccc(NC(=O)CSc2nnc(-c3ccco3)n2-c2ccccc2)cc1. The fourth-order valence-electron chi connectivity index (χ4n) is 3.10. The normalized spacial score (nSPS) is 11.0. The number of aromatic nitrogens is 3. The van der Waals surface area contributed by atoms with E-state index in [9.17, 15) is 9.59 Å². The maximum Gasteiger partial charge on any atom is 0.330 e. The standard InChI is InChI=1S/C25H22N4O4S/c1-2-32-23(31)15-12-18-10-13-19(14-11-18)26-22(30)17-34-25-28-27-24(21-9-6-16-33-21)29(25)20-7-4-3-5-8-20/h3-16H,2,17H2,1H3,(H,26,30)/b15-12+. The summed E-state index contributed by atoms with van der Waals surface area (Å²) in [5, 5.41) is 12.0. The van der Waals surface area contributed by atoms with Crippen LogP contribution in [0.1, 0.15) is 12.5 Å². The smallest absolute Gasteiger partial charge is 0.330 e. The number of rotatable bonds is 9. The number of nitrogens with zero attached hydrogens (tertiary/aromatic N) is 3. The van der Waals surface area contributed by atoms with Crippen LogP contribution < -0.4 is 5.32 Å². The summed E-state index contributed by atoms with van der Waals surface area (Å²) >= 11 is 1.28. The van der Waals surface area contributed by atoms with Crippen molar-refractivity contribution in [2.75, 3.05) is 17.7 Å². The molecule has 0 aliphatic carbocycles. The molecule has 4 rings (SSSR count). The Morgan fingerprint density at radius 3 is 2.56 bits per heavy atom. The highest BCUT2D eigenvalue weighted by molar-refractivity contribution is 7.99. The number of carbonyl (C=O) groups is 2. The van der Waals surface area contributed by atoms with Crippen molar-refractivity contribution in [3.63, 3.8) is 0 Å². The van der Waals surface area contributed by atoms with Gasteiger partial charge in [-0.3, -0.25) is 9.36 Å².